The molecular formula is C16H18O5. The van der Waals surface area contributed by atoms with Gasteiger partial charge in [-0.05, 0) is 25.0 Å². The normalized spacial score (nSPS) is 30.7. The van der Waals surface area contributed by atoms with E-state index in [1.807, 2.05) is 6.07 Å². The van der Waals surface area contributed by atoms with E-state index >= 15 is 0 Å². The average Bonchev–Trinajstić information content (AvgIpc) is 2.89. The van der Waals surface area contributed by atoms with Crippen molar-refractivity contribution < 1.29 is 23.8 Å². The van der Waals surface area contributed by atoms with Gasteiger partial charge < -0.3 is 14.2 Å². The molecule has 1 aromatic rings. The molecule has 0 aromatic heterocycles. The molecule has 3 rings (SSSR count). The predicted octanol–water partition coefficient (Wildman–Crippen LogP) is 1.95. The van der Waals surface area contributed by atoms with Gasteiger partial charge in [0.15, 0.2) is 0 Å². The highest BCUT2D eigenvalue weighted by molar-refractivity contribution is 5.89. The second-order valence-corrected chi connectivity index (χ2v) is 5.47. The molecule has 0 radical (unpaired) electrons. The van der Waals surface area contributed by atoms with Crippen molar-refractivity contribution in [3.8, 4) is 0 Å². The van der Waals surface area contributed by atoms with Crippen LogP contribution in [0, 0.1) is 5.92 Å². The van der Waals surface area contributed by atoms with Crippen molar-refractivity contribution in [1.82, 2.24) is 0 Å². The number of methoxy groups -OCH3 is 1. The fourth-order valence-electron chi connectivity index (χ4n) is 3.16. The van der Waals surface area contributed by atoms with E-state index in [4.69, 9.17) is 14.2 Å². The fraction of sp³-hybridized carbons (Fsp3) is 0.500. The molecule has 0 aliphatic carbocycles. The highest BCUT2D eigenvalue weighted by Crippen LogP contribution is 2.38. The van der Waals surface area contributed by atoms with Gasteiger partial charge in [0.05, 0.1) is 24.9 Å². The maximum atomic E-state index is 12.2. The molecule has 4 atom stereocenters. The Kier molecular flexibility index (Phi) is 3.92. The van der Waals surface area contributed by atoms with Crippen LogP contribution < -0.4 is 0 Å². The molecule has 5 heteroatoms. The third kappa shape index (κ3) is 2.78. The van der Waals surface area contributed by atoms with E-state index in [0.717, 1.165) is 12.8 Å². The number of hydrogen-bond acceptors (Lipinski definition) is 5. The molecule has 2 fully saturated rings. The lowest BCUT2D eigenvalue weighted by molar-refractivity contribution is -0.166. The predicted molar refractivity (Wildman–Crippen MR) is 73.7 cm³/mol. The Balaban J connectivity index is 1.76. The molecular weight excluding hydrogens is 272 g/mol. The van der Waals surface area contributed by atoms with Crippen molar-refractivity contribution in [2.45, 2.75) is 37.6 Å². The number of rotatable bonds is 3. The van der Waals surface area contributed by atoms with Crippen molar-refractivity contribution in [2.75, 3.05) is 7.11 Å². The van der Waals surface area contributed by atoms with E-state index in [1.54, 1.807) is 24.3 Å². The SMILES string of the molecule is COC(=O)[C@H]1[C@@H](OC(=O)c2ccccc2)C[C@H]2CC[C@@H]1O2. The molecule has 1 aromatic carbocycles. The van der Waals surface area contributed by atoms with E-state index < -0.39 is 18.0 Å². The summed E-state index contributed by atoms with van der Waals surface area (Å²) in [4.78, 5) is 24.2. The van der Waals surface area contributed by atoms with Gasteiger partial charge in [0, 0.05) is 6.42 Å². The van der Waals surface area contributed by atoms with Crippen LogP contribution >= 0.6 is 0 Å². The zero-order valence-electron chi connectivity index (χ0n) is 11.9. The minimum atomic E-state index is -0.526. The summed E-state index contributed by atoms with van der Waals surface area (Å²) in [6, 6.07) is 8.79. The van der Waals surface area contributed by atoms with Crippen LogP contribution in [-0.4, -0.2) is 37.4 Å². The second kappa shape index (κ2) is 5.85. The number of esters is 2. The van der Waals surface area contributed by atoms with Crippen LogP contribution in [0.2, 0.25) is 0 Å². The largest absolute Gasteiger partial charge is 0.469 e. The van der Waals surface area contributed by atoms with Crippen LogP contribution in [0.15, 0.2) is 30.3 Å². The molecule has 2 heterocycles. The topological polar surface area (TPSA) is 61.8 Å². The van der Waals surface area contributed by atoms with Gasteiger partial charge in [-0.3, -0.25) is 4.79 Å². The number of hydrogen-bond donors (Lipinski definition) is 0. The van der Waals surface area contributed by atoms with Crippen LogP contribution in [0.5, 0.6) is 0 Å². The molecule has 0 spiro atoms. The van der Waals surface area contributed by atoms with Crippen molar-refractivity contribution >= 4 is 11.9 Å². The lowest BCUT2D eigenvalue weighted by Crippen LogP contribution is -2.46. The lowest BCUT2D eigenvalue weighted by Gasteiger charge is -2.34. The van der Waals surface area contributed by atoms with E-state index in [0.29, 0.717) is 12.0 Å². The van der Waals surface area contributed by atoms with Gasteiger partial charge in [0.25, 0.3) is 0 Å². The Morgan fingerprint density at radius 2 is 1.95 bits per heavy atom. The van der Waals surface area contributed by atoms with Crippen LogP contribution in [-0.2, 0) is 19.0 Å². The quantitative estimate of drug-likeness (QED) is 0.796. The second-order valence-electron chi connectivity index (χ2n) is 5.47. The monoisotopic (exact) mass is 290 g/mol. The summed E-state index contributed by atoms with van der Waals surface area (Å²) in [7, 11) is 1.35. The standard InChI is InChI=1S/C16H18O5/c1-19-16(18)14-12-8-7-11(20-12)9-13(14)21-15(17)10-5-3-2-4-6-10/h2-6,11-14H,7-9H2,1H3/t11-,12+,13+,14-/m1/s1. The summed E-state index contributed by atoms with van der Waals surface area (Å²) < 4.78 is 16.2. The van der Waals surface area contributed by atoms with Crippen LogP contribution in [0.4, 0.5) is 0 Å². The van der Waals surface area contributed by atoms with Gasteiger partial charge >= 0.3 is 11.9 Å². The minimum absolute atomic E-state index is 0.0736. The highest BCUT2D eigenvalue weighted by Gasteiger charge is 2.49. The molecule has 0 unspecified atom stereocenters. The summed E-state index contributed by atoms with van der Waals surface area (Å²) in [6.45, 7) is 0. The Bertz CT molecular complexity index is 527. The van der Waals surface area contributed by atoms with Crippen molar-refractivity contribution in [2.24, 2.45) is 5.92 Å². The maximum Gasteiger partial charge on any atom is 0.338 e. The summed E-state index contributed by atoms with van der Waals surface area (Å²) in [6.07, 6.45) is 1.65. The first-order valence-electron chi connectivity index (χ1n) is 7.18. The summed E-state index contributed by atoms with van der Waals surface area (Å²) in [5.41, 5.74) is 0.486. The Labute approximate surface area is 123 Å². The third-order valence-electron chi connectivity index (χ3n) is 4.18. The van der Waals surface area contributed by atoms with Gasteiger partial charge in [-0.1, -0.05) is 18.2 Å². The number of carbonyl (C=O) groups excluding carboxylic acids is 2. The third-order valence-corrected chi connectivity index (χ3v) is 4.18. The van der Waals surface area contributed by atoms with E-state index in [2.05, 4.69) is 0 Å². The number of fused-ring (bicyclic) bond motifs is 2. The van der Waals surface area contributed by atoms with Crippen LogP contribution in [0.1, 0.15) is 29.6 Å². The molecule has 0 saturated carbocycles. The molecule has 21 heavy (non-hydrogen) atoms. The zero-order valence-corrected chi connectivity index (χ0v) is 11.9. The fourth-order valence-corrected chi connectivity index (χ4v) is 3.16. The van der Waals surface area contributed by atoms with Gasteiger partial charge in [-0.25, -0.2) is 4.79 Å². The zero-order chi connectivity index (χ0) is 14.8. The van der Waals surface area contributed by atoms with Gasteiger partial charge in [0.1, 0.15) is 12.0 Å². The molecule has 112 valence electrons. The van der Waals surface area contributed by atoms with Crippen LogP contribution in [0.3, 0.4) is 0 Å². The minimum Gasteiger partial charge on any atom is -0.469 e. The Morgan fingerprint density at radius 3 is 2.67 bits per heavy atom. The van der Waals surface area contributed by atoms with Gasteiger partial charge in [0.2, 0.25) is 0 Å². The summed E-state index contributed by atoms with van der Waals surface area (Å²) in [5, 5.41) is 0. The molecule has 2 aliphatic rings. The van der Waals surface area contributed by atoms with E-state index in [1.165, 1.54) is 7.11 Å². The van der Waals surface area contributed by atoms with Gasteiger partial charge in [-0.15, -0.1) is 0 Å². The van der Waals surface area contributed by atoms with Gasteiger partial charge in [-0.2, -0.15) is 0 Å². The van der Waals surface area contributed by atoms with E-state index in [-0.39, 0.29) is 18.2 Å². The molecule has 2 aliphatic heterocycles. The van der Waals surface area contributed by atoms with Crippen molar-refractivity contribution in [3.05, 3.63) is 35.9 Å². The van der Waals surface area contributed by atoms with Crippen molar-refractivity contribution in [3.63, 3.8) is 0 Å². The Hall–Kier alpha value is -1.88. The maximum absolute atomic E-state index is 12.2. The number of ether oxygens (including phenoxy) is 3. The molecule has 2 bridgehead atoms. The first-order chi connectivity index (χ1) is 10.2. The first kappa shape index (κ1) is 14.1. The first-order valence-corrected chi connectivity index (χ1v) is 7.18. The summed E-state index contributed by atoms with van der Waals surface area (Å²) >= 11 is 0. The molecule has 0 amide bonds. The molecule has 5 nitrogen and oxygen atoms in total. The highest BCUT2D eigenvalue weighted by atomic mass is 16.6. The average molecular weight is 290 g/mol. The smallest absolute Gasteiger partial charge is 0.338 e. The molecule has 0 N–H and O–H groups in total. The van der Waals surface area contributed by atoms with Crippen molar-refractivity contribution in [1.29, 1.82) is 0 Å². The number of benzene rings is 1. The molecule has 2 saturated heterocycles. The Morgan fingerprint density at radius 1 is 1.19 bits per heavy atom. The summed E-state index contributed by atoms with van der Waals surface area (Å²) in [5.74, 6) is -1.30. The number of carbonyl (C=O) groups is 2. The lowest BCUT2D eigenvalue weighted by atomic mass is 9.92. The van der Waals surface area contributed by atoms with Crippen LogP contribution in [0.25, 0.3) is 0 Å². The van der Waals surface area contributed by atoms with E-state index in [9.17, 15) is 9.59 Å².